The van der Waals surface area contributed by atoms with E-state index in [9.17, 15) is 22.8 Å². The van der Waals surface area contributed by atoms with Crippen molar-refractivity contribution in [3.63, 3.8) is 0 Å². The number of rotatable bonds is 9. The molecule has 1 aliphatic rings. The molecular weight excluding hydrogens is 400 g/mol. The molecule has 0 aromatic carbocycles. The number of nitrogens with two attached hydrogens (primary N) is 1. The van der Waals surface area contributed by atoms with Crippen molar-refractivity contribution in [1.82, 2.24) is 23.1 Å². The predicted molar refractivity (Wildman–Crippen MR) is 110 cm³/mol. The lowest BCUT2D eigenvalue weighted by Gasteiger charge is -2.36. The van der Waals surface area contributed by atoms with Gasteiger partial charge in [-0.3, -0.25) is 24.0 Å². The van der Waals surface area contributed by atoms with Crippen LogP contribution in [-0.4, -0.2) is 83.1 Å². The number of anilines is 1. The van der Waals surface area contributed by atoms with Gasteiger partial charge in [0.25, 0.3) is 15.8 Å². The lowest BCUT2D eigenvalue weighted by atomic mass is 10.1. The summed E-state index contributed by atoms with van der Waals surface area (Å²) >= 11 is 0. The normalized spacial score (nSPS) is 16.4. The number of H-pyrrole nitrogens is 1. The van der Waals surface area contributed by atoms with Crippen LogP contribution in [0.2, 0.25) is 0 Å². The molecule has 0 amide bonds. The molecule has 0 unspecified atom stereocenters. The van der Waals surface area contributed by atoms with E-state index in [0.29, 0.717) is 39.1 Å². The summed E-state index contributed by atoms with van der Waals surface area (Å²) in [7, 11) is -3.52. The van der Waals surface area contributed by atoms with Crippen LogP contribution in [0.4, 0.5) is 5.82 Å². The minimum Gasteiger partial charge on any atom is -0.384 e. The number of nitrogens with one attached hydrogen (secondary N) is 1. The maximum Gasteiger partial charge on any atom is 0.329 e. The number of carbonyl (C=O) groups excluding carboxylic acids is 1. The Morgan fingerprint density at radius 3 is 2.21 bits per heavy atom. The van der Waals surface area contributed by atoms with Gasteiger partial charge in [0.1, 0.15) is 11.4 Å². The van der Waals surface area contributed by atoms with E-state index in [1.54, 1.807) is 18.7 Å². The molecule has 0 radical (unpaired) electrons. The van der Waals surface area contributed by atoms with Gasteiger partial charge < -0.3 is 5.73 Å². The monoisotopic (exact) mass is 430 g/mol. The van der Waals surface area contributed by atoms with Crippen LogP contribution in [0, 0.1) is 0 Å². The number of Topliss-reactive ketones (excluding diaryl/α,β-unsaturated/α-hetero) is 1. The second-order valence-corrected chi connectivity index (χ2v) is 8.79. The average molecular weight is 431 g/mol. The van der Waals surface area contributed by atoms with Crippen molar-refractivity contribution in [1.29, 1.82) is 0 Å². The highest BCUT2D eigenvalue weighted by Gasteiger charge is 2.31. The Morgan fingerprint density at radius 1 is 1.10 bits per heavy atom. The van der Waals surface area contributed by atoms with Gasteiger partial charge in [-0.25, -0.2) is 4.79 Å². The first-order chi connectivity index (χ1) is 13.7. The first-order valence-corrected chi connectivity index (χ1v) is 11.2. The Bertz CT molecular complexity index is 942. The third kappa shape index (κ3) is 4.94. The minimum absolute atomic E-state index is 0.0727. The van der Waals surface area contributed by atoms with E-state index in [4.69, 9.17) is 5.73 Å². The number of piperazine rings is 1. The molecule has 11 nitrogen and oxygen atoms in total. The highest BCUT2D eigenvalue weighted by molar-refractivity contribution is 7.86. The smallest absolute Gasteiger partial charge is 0.329 e. The van der Waals surface area contributed by atoms with Gasteiger partial charge >= 0.3 is 5.69 Å². The second-order valence-electron chi connectivity index (χ2n) is 6.86. The van der Waals surface area contributed by atoms with Crippen molar-refractivity contribution in [2.45, 2.75) is 33.7 Å². The molecule has 1 aliphatic heterocycles. The van der Waals surface area contributed by atoms with Crippen LogP contribution in [0.15, 0.2) is 9.59 Å². The molecule has 0 spiro atoms. The van der Waals surface area contributed by atoms with Gasteiger partial charge in [-0.15, -0.1) is 0 Å². The molecule has 164 valence electrons. The summed E-state index contributed by atoms with van der Waals surface area (Å²) in [6, 6.07) is 0. The summed E-state index contributed by atoms with van der Waals surface area (Å²) in [5.41, 5.74) is 4.27. The summed E-state index contributed by atoms with van der Waals surface area (Å²) in [6.45, 7) is 7.67. The number of aromatic amines is 1. The van der Waals surface area contributed by atoms with Crippen molar-refractivity contribution >= 4 is 21.8 Å². The van der Waals surface area contributed by atoms with Crippen LogP contribution >= 0.6 is 0 Å². The van der Waals surface area contributed by atoms with Crippen LogP contribution < -0.4 is 17.0 Å². The predicted octanol–water partition coefficient (Wildman–Crippen LogP) is -1.08. The maximum atomic E-state index is 12.7. The Kier molecular flexibility index (Phi) is 7.74. The van der Waals surface area contributed by atoms with Crippen LogP contribution in [0.3, 0.4) is 0 Å². The molecule has 2 heterocycles. The largest absolute Gasteiger partial charge is 0.384 e. The number of ketones is 1. The van der Waals surface area contributed by atoms with E-state index in [-0.39, 0.29) is 31.0 Å². The van der Waals surface area contributed by atoms with Crippen molar-refractivity contribution in [3.05, 3.63) is 26.4 Å². The topological polar surface area (TPSA) is 142 Å². The molecular formula is C17H30N6O5S. The zero-order chi connectivity index (χ0) is 21.8. The van der Waals surface area contributed by atoms with Crippen LogP contribution in [0.5, 0.6) is 0 Å². The zero-order valence-corrected chi connectivity index (χ0v) is 18.0. The lowest BCUT2D eigenvalue weighted by molar-refractivity contribution is 0.0898. The summed E-state index contributed by atoms with van der Waals surface area (Å²) in [6.07, 6.45) is 0.618. The third-order valence-corrected chi connectivity index (χ3v) is 7.21. The van der Waals surface area contributed by atoms with Crippen molar-refractivity contribution < 1.29 is 13.2 Å². The first kappa shape index (κ1) is 23.3. The fraction of sp³-hybridized carbons (Fsp3) is 0.706. The first-order valence-electron chi connectivity index (χ1n) is 9.80. The number of hydrogen-bond acceptors (Lipinski definition) is 7. The SMILES string of the molecule is CCCn1c(N)c(C(=O)CN2CCN(S(=O)(=O)N(CC)CC)CC2)c(=O)[nH]c1=O. The molecule has 3 N–H and O–H groups in total. The summed E-state index contributed by atoms with van der Waals surface area (Å²) in [4.78, 5) is 40.7. The number of carbonyl (C=O) groups is 1. The van der Waals surface area contributed by atoms with Gasteiger partial charge in [-0.1, -0.05) is 20.8 Å². The van der Waals surface area contributed by atoms with Gasteiger partial charge in [0.05, 0.1) is 6.54 Å². The molecule has 29 heavy (non-hydrogen) atoms. The Hall–Kier alpha value is -2.02. The van der Waals surface area contributed by atoms with Crippen LogP contribution in [0.25, 0.3) is 0 Å². The van der Waals surface area contributed by atoms with E-state index >= 15 is 0 Å². The van der Waals surface area contributed by atoms with Gasteiger partial charge in [-0.05, 0) is 6.42 Å². The minimum atomic E-state index is -3.52. The molecule has 0 aliphatic carbocycles. The van der Waals surface area contributed by atoms with E-state index in [1.807, 2.05) is 6.92 Å². The maximum absolute atomic E-state index is 12.7. The Morgan fingerprint density at radius 2 is 1.69 bits per heavy atom. The molecule has 0 bridgehead atoms. The molecule has 2 rings (SSSR count). The molecule has 12 heteroatoms. The summed E-state index contributed by atoms with van der Waals surface area (Å²) < 4.78 is 29.2. The Balaban J connectivity index is 2.10. The standard InChI is InChI=1S/C17H30N6O5S/c1-4-7-23-15(18)14(16(25)19-17(23)26)13(24)12-20-8-10-22(11-9-20)29(27,28)21(5-2)6-3/h4-12,18H2,1-3H3,(H,19,25,26). The second kappa shape index (κ2) is 9.65. The number of aromatic nitrogens is 2. The van der Waals surface area contributed by atoms with Crippen molar-refractivity contribution in [2.75, 3.05) is 51.5 Å². The van der Waals surface area contributed by atoms with Gasteiger partial charge in [-0.2, -0.15) is 17.0 Å². The lowest BCUT2D eigenvalue weighted by Crippen LogP contribution is -2.53. The van der Waals surface area contributed by atoms with Gasteiger partial charge in [0, 0.05) is 45.8 Å². The quantitative estimate of drug-likeness (QED) is 0.474. The van der Waals surface area contributed by atoms with Crippen LogP contribution in [-0.2, 0) is 16.8 Å². The van der Waals surface area contributed by atoms with Gasteiger partial charge in [0.15, 0.2) is 5.78 Å². The van der Waals surface area contributed by atoms with Crippen LogP contribution in [0.1, 0.15) is 37.6 Å². The van der Waals surface area contributed by atoms with Gasteiger partial charge in [0.2, 0.25) is 0 Å². The molecule has 1 aromatic heterocycles. The fourth-order valence-corrected chi connectivity index (χ4v) is 5.02. The highest BCUT2D eigenvalue weighted by atomic mass is 32.2. The average Bonchev–Trinajstić information content (AvgIpc) is 2.66. The third-order valence-electron chi connectivity index (χ3n) is 5.02. The van der Waals surface area contributed by atoms with Crippen molar-refractivity contribution in [2.24, 2.45) is 0 Å². The molecule has 0 atom stereocenters. The zero-order valence-electron chi connectivity index (χ0n) is 17.2. The Labute approximate surface area is 170 Å². The molecule has 1 saturated heterocycles. The van der Waals surface area contributed by atoms with E-state index in [1.165, 1.54) is 13.2 Å². The number of nitrogens with zero attached hydrogens (tertiary/aromatic N) is 4. The number of hydrogen-bond donors (Lipinski definition) is 2. The van der Waals surface area contributed by atoms with E-state index < -0.39 is 27.2 Å². The fourth-order valence-electron chi connectivity index (χ4n) is 3.42. The van der Waals surface area contributed by atoms with E-state index in [2.05, 4.69) is 4.98 Å². The molecule has 0 saturated carbocycles. The molecule has 1 fully saturated rings. The van der Waals surface area contributed by atoms with Crippen molar-refractivity contribution in [3.8, 4) is 0 Å². The van der Waals surface area contributed by atoms with E-state index in [0.717, 1.165) is 0 Å². The number of nitrogen functional groups attached to an aromatic ring is 1. The summed E-state index contributed by atoms with van der Waals surface area (Å²) in [5.74, 6) is -0.623. The summed E-state index contributed by atoms with van der Waals surface area (Å²) in [5, 5.41) is 0. The molecule has 1 aromatic rings. The highest BCUT2D eigenvalue weighted by Crippen LogP contribution is 2.13.